The van der Waals surface area contributed by atoms with Gasteiger partial charge in [-0.05, 0) is 78.8 Å². The normalized spacial score (nSPS) is 12.7. The molecule has 9 heteroatoms. The maximum atomic E-state index is 13.6. The number of anilines is 1. The number of halogens is 2. The van der Waals surface area contributed by atoms with Crippen LogP contribution < -0.4 is 16.0 Å². The number of carbonyl (C=O) groups is 3. The molecule has 43 heavy (non-hydrogen) atoms. The van der Waals surface area contributed by atoms with Crippen molar-refractivity contribution in [1.82, 2.24) is 15.6 Å². The molecule has 0 bridgehead atoms. The summed E-state index contributed by atoms with van der Waals surface area (Å²) in [6, 6.07) is 20.6. The highest BCUT2D eigenvalue weighted by Crippen LogP contribution is 2.25. The Kier molecular flexibility index (Phi) is 11.0. The third-order valence-electron chi connectivity index (χ3n) is 6.78. The second kappa shape index (κ2) is 15.1. The first-order chi connectivity index (χ1) is 20.7. The lowest BCUT2D eigenvalue weighted by Gasteiger charge is -2.24. The highest BCUT2D eigenvalue weighted by molar-refractivity contribution is 6.31. The van der Waals surface area contributed by atoms with Crippen LogP contribution in [0.3, 0.4) is 0 Å². The zero-order chi connectivity index (χ0) is 30.8. The fraction of sp³-hybridized carbons (Fsp3) is 0.235. The van der Waals surface area contributed by atoms with E-state index in [1.165, 1.54) is 24.3 Å². The molecule has 3 amide bonds. The molecule has 0 saturated carbocycles. The number of hydrogen-bond acceptors (Lipinski definition) is 4. The lowest BCUT2D eigenvalue weighted by molar-refractivity contribution is -0.130. The van der Waals surface area contributed by atoms with Crippen LogP contribution in [-0.4, -0.2) is 34.8 Å². The second-order valence-electron chi connectivity index (χ2n) is 10.7. The minimum Gasteiger partial charge on any atom is -0.342 e. The van der Waals surface area contributed by atoms with E-state index in [0.717, 1.165) is 5.56 Å². The molecule has 222 valence electrons. The summed E-state index contributed by atoms with van der Waals surface area (Å²) in [5, 5.41) is 9.81. The average Bonchev–Trinajstić information content (AvgIpc) is 2.98. The minimum atomic E-state index is -0.891. The summed E-state index contributed by atoms with van der Waals surface area (Å²) in [6.07, 6.45) is 5.55. The lowest BCUT2D eigenvalue weighted by atomic mass is 10.0. The van der Waals surface area contributed by atoms with Crippen molar-refractivity contribution >= 4 is 52.0 Å². The smallest absolute Gasteiger partial charge is 0.246 e. The maximum absolute atomic E-state index is 13.6. The van der Waals surface area contributed by atoms with Crippen LogP contribution in [0.1, 0.15) is 37.8 Å². The molecule has 3 N–H and O–H groups in total. The predicted molar refractivity (Wildman–Crippen MR) is 169 cm³/mol. The molecule has 7 nitrogen and oxygen atoms in total. The molecule has 0 unspecified atom stereocenters. The number of nitrogens with zero attached hydrogens (tertiary/aromatic N) is 1. The van der Waals surface area contributed by atoms with Crippen molar-refractivity contribution in [2.45, 2.75) is 45.2 Å². The molecule has 4 rings (SSSR count). The molecule has 0 fully saturated rings. The molecule has 0 saturated heterocycles. The van der Waals surface area contributed by atoms with Gasteiger partial charge in [-0.2, -0.15) is 0 Å². The molecule has 2 atom stereocenters. The number of pyridine rings is 1. The Hall–Kier alpha value is -4.56. The Morgan fingerprint density at radius 1 is 0.907 bits per heavy atom. The van der Waals surface area contributed by atoms with Crippen LogP contribution >= 0.6 is 11.6 Å². The zero-order valence-corrected chi connectivity index (χ0v) is 24.8. The van der Waals surface area contributed by atoms with E-state index >= 15 is 0 Å². The van der Waals surface area contributed by atoms with Gasteiger partial charge in [-0.3, -0.25) is 19.4 Å². The van der Waals surface area contributed by atoms with E-state index in [2.05, 4.69) is 20.9 Å². The van der Waals surface area contributed by atoms with Gasteiger partial charge in [-0.15, -0.1) is 0 Å². The van der Waals surface area contributed by atoms with E-state index in [4.69, 9.17) is 11.6 Å². The predicted octanol–water partition coefficient (Wildman–Crippen LogP) is 6.33. The monoisotopic (exact) mass is 600 g/mol. The number of aryl methyl sites for hydroxylation is 1. The Balaban J connectivity index is 1.51. The SMILES string of the molecule is CC(C)C[C@@H](NC(=O)/C=C/c1cccc(F)c1)C(=O)N[C@H](CCc1ccccc1)C(=O)Nc1ccnc2cc(Cl)ccc12. The van der Waals surface area contributed by atoms with E-state index in [0.29, 0.717) is 46.4 Å². The molecule has 0 aliphatic rings. The first-order valence-electron chi connectivity index (χ1n) is 14.1. The number of benzene rings is 3. The van der Waals surface area contributed by atoms with Gasteiger partial charge in [0.25, 0.3) is 0 Å². The quantitative estimate of drug-likeness (QED) is 0.166. The molecule has 4 aromatic rings. The molecule has 1 heterocycles. The van der Waals surface area contributed by atoms with Crippen LogP contribution in [0.2, 0.25) is 5.02 Å². The first-order valence-corrected chi connectivity index (χ1v) is 14.5. The number of nitrogens with one attached hydrogen (secondary N) is 3. The number of amides is 3. The summed E-state index contributed by atoms with van der Waals surface area (Å²) in [5.41, 5.74) is 2.71. The highest BCUT2D eigenvalue weighted by atomic mass is 35.5. The van der Waals surface area contributed by atoms with Crippen molar-refractivity contribution in [1.29, 1.82) is 0 Å². The summed E-state index contributed by atoms with van der Waals surface area (Å²) in [6.45, 7) is 3.88. The zero-order valence-electron chi connectivity index (χ0n) is 24.0. The minimum absolute atomic E-state index is 0.0786. The number of carbonyl (C=O) groups excluding carboxylic acids is 3. The van der Waals surface area contributed by atoms with Crippen LogP contribution in [0.25, 0.3) is 17.0 Å². The maximum Gasteiger partial charge on any atom is 0.246 e. The molecule has 0 aliphatic heterocycles. The van der Waals surface area contributed by atoms with Gasteiger partial charge in [-0.1, -0.05) is 67.9 Å². The summed E-state index contributed by atoms with van der Waals surface area (Å²) in [5.74, 6) is -1.71. The van der Waals surface area contributed by atoms with Crippen molar-refractivity contribution in [2.75, 3.05) is 5.32 Å². The number of hydrogen-bond donors (Lipinski definition) is 3. The van der Waals surface area contributed by atoms with E-state index in [9.17, 15) is 18.8 Å². The molecular formula is C34H34ClFN4O3. The van der Waals surface area contributed by atoms with Gasteiger partial charge in [0.2, 0.25) is 17.7 Å². The van der Waals surface area contributed by atoms with Gasteiger partial charge >= 0.3 is 0 Å². The van der Waals surface area contributed by atoms with E-state index < -0.39 is 35.6 Å². The summed E-state index contributed by atoms with van der Waals surface area (Å²) < 4.78 is 13.5. The summed E-state index contributed by atoms with van der Waals surface area (Å²) in [4.78, 5) is 44.3. The van der Waals surface area contributed by atoms with E-state index in [1.54, 1.807) is 42.6 Å². The highest BCUT2D eigenvalue weighted by Gasteiger charge is 2.27. The fourth-order valence-electron chi connectivity index (χ4n) is 4.65. The number of rotatable bonds is 12. The van der Waals surface area contributed by atoms with Gasteiger partial charge in [0.05, 0.1) is 11.2 Å². The van der Waals surface area contributed by atoms with Crippen LogP contribution in [0, 0.1) is 11.7 Å². The number of fused-ring (bicyclic) bond motifs is 1. The van der Waals surface area contributed by atoms with E-state index in [1.807, 2.05) is 44.2 Å². The summed E-state index contributed by atoms with van der Waals surface area (Å²) in [7, 11) is 0. The molecule has 0 radical (unpaired) electrons. The number of aromatic nitrogens is 1. The summed E-state index contributed by atoms with van der Waals surface area (Å²) >= 11 is 6.12. The van der Waals surface area contributed by atoms with Crippen LogP contribution in [-0.2, 0) is 20.8 Å². The third kappa shape index (κ3) is 9.48. The standard InChI is InChI=1S/C34H34ClFN4O3/c1-22(2)19-31(38-32(41)16-12-24-9-6-10-26(36)20-24)34(43)40-29(15-11-23-7-4-3-5-8-23)33(42)39-28-17-18-37-30-21-25(35)13-14-27(28)30/h3-10,12-14,16-18,20-22,29,31H,11,15,19H2,1-2H3,(H,38,41)(H,40,43)(H,37,39,42)/b16-12+/t29-,31-/m1/s1. The van der Waals surface area contributed by atoms with E-state index in [-0.39, 0.29) is 5.92 Å². The van der Waals surface area contributed by atoms with Crippen molar-refractivity contribution in [3.63, 3.8) is 0 Å². The Morgan fingerprint density at radius 3 is 2.44 bits per heavy atom. The molecule has 0 aliphatic carbocycles. The Labute approximate surface area is 255 Å². The molecule has 0 spiro atoms. The average molecular weight is 601 g/mol. The van der Waals surface area contributed by atoms with Gasteiger partial charge in [-0.25, -0.2) is 4.39 Å². The van der Waals surface area contributed by atoms with Crippen LogP contribution in [0.5, 0.6) is 0 Å². The van der Waals surface area contributed by atoms with Crippen LogP contribution in [0.4, 0.5) is 10.1 Å². The van der Waals surface area contributed by atoms with Gasteiger partial charge in [0.1, 0.15) is 17.9 Å². The Morgan fingerprint density at radius 2 is 1.70 bits per heavy atom. The van der Waals surface area contributed by atoms with Gasteiger partial charge in [0, 0.05) is 22.7 Å². The van der Waals surface area contributed by atoms with Crippen molar-refractivity contribution in [3.8, 4) is 0 Å². The first kappa shape index (κ1) is 31.4. The third-order valence-corrected chi connectivity index (χ3v) is 7.01. The second-order valence-corrected chi connectivity index (χ2v) is 11.1. The van der Waals surface area contributed by atoms with Gasteiger partial charge < -0.3 is 16.0 Å². The molecule has 1 aromatic heterocycles. The van der Waals surface area contributed by atoms with Crippen molar-refractivity contribution < 1.29 is 18.8 Å². The van der Waals surface area contributed by atoms with Crippen molar-refractivity contribution in [2.24, 2.45) is 5.92 Å². The van der Waals surface area contributed by atoms with Crippen LogP contribution in [0.15, 0.2) is 91.1 Å². The lowest BCUT2D eigenvalue weighted by Crippen LogP contribution is -2.53. The topological polar surface area (TPSA) is 100 Å². The largest absolute Gasteiger partial charge is 0.342 e. The molecular weight excluding hydrogens is 567 g/mol. The fourth-order valence-corrected chi connectivity index (χ4v) is 4.82. The Bertz CT molecular complexity index is 1610. The van der Waals surface area contributed by atoms with Crippen molar-refractivity contribution in [3.05, 3.63) is 113 Å². The molecule has 3 aromatic carbocycles. The van der Waals surface area contributed by atoms with Gasteiger partial charge in [0.15, 0.2) is 0 Å².